The molecule has 0 unspecified atom stereocenters. The van der Waals surface area contributed by atoms with Crippen molar-refractivity contribution in [2.24, 2.45) is 0 Å². The van der Waals surface area contributed by atoms with Gasteiger partial charge in [0.25, 0.3) is 0 Å². The van der Waals surface area contributed by atoms with E-state index in [1.165, 1.54) is 11.2 Å². The van der Waals surface area contributed by atoms with Gasteiger partial charge in [0.2, 0.25) is 5.91 Å². The highest BCUT2D eigenvalue weighted by molar-refractivity contribution is 5.82. The number of nitrogens with one attached hydrogen (secondary N) is 3. The third-order valence-corrected chi connectivity index (χ3v) is 3.52. The smallest absolute Gasteiger partial charge is 0.410 e. The summed E-state index contributed by atoms with van der Waals surface area (Å²) >= 11 is 0. The Labute approximate surface area is 150 Å². The van der Waals surface area contributed by atoms with E-state index in [9.17, 15) is 9.59 Å². The van der Waals surface area contributed by atoms with Gasteiger partial charge in [-0.25, -0.2) is 19.7 Å². The summed E-state index contributed by atoms with van der Waals surface area (Å²) in [5.74, 6) is 1.68. The van der Waals surface area contributed by atoms with E-state index < -0.39 is 6.09 Å². The van der Waals surface area contributed by atoms with Crippen LogP contribution in [0.15, 0.2) is 36.8 Å². The molecule has 0 aliphatic carbocycles. The first-order valence-corrected chi connectivity index (χ1v) is 8.13. The Morgan fingerprint density at radius 1 is 1.15 bits per heavy atom. The van der Waals surface area contributed by atoms with Gasteiger partial charge in [-0.2, -0.15) is 0 Å². The highest BCUT2D eigenvalue weighted by Gasteiger charge is 2.23. The van der Waals surface area contributed by atoms with Crippen LogP contribution in [0.25, 0.3) is 0 Å². The Hall–Kier alpha value is -3.43. The number of aromatic nitrogens is 3. The van der Waals surface area contributed by atoms with Crippen LogP contribution in [0.2, 0.25) is 0 Å². The Morgan fingerprint density at radius 3 is 2.81 bits per heavy atom. The zero-order chi connectivity index (χ0) is 18.2. The first kappa shape index (κ1) is 17.4. The summed E-state index contributed by atoms with van der Waals surface area (Å²) in [6, 6.07) is 7.29. The fraction of sp³-hybridized carbons (Fsp3) is 0.312. The molecule has 1 fully saturated rings. The molecule has 0 radical (unpaired) electrons. The monoisotopic (exact) mass is 357 g/mol. The van der Waals surface area contributed by atoms with Gasteiger partial charge in [0, 0.05) is 25.4 Å². The second-order valence-corrected chi connectivity index (χ2v) is 5.44. The van der Waals surface area contributed by atoms with Crippen LogP contribution in [0.4, 0.5) is 22.2 Å². The number of pyridine rings is 1. The first-order chi connectivity index (χ1) is 12.7. The molecule has 0 spiro atoms. The van der Waals surface area contributed by atoms with Crippen LogP contribution in [0.5, 0.6) is 0 Å². The molecule has 2 aromatic rings. The van der Waals surface area contributed by atoms with Crippen molar-refractivity contribution in [3.05, 3.63) is 36.8 Å². The van der Waals surface area contributed by atoms with Crippen molar-refractivity contribution in [3.8, 4) is 0 Å². The number of hydrogen-bond donors (Lipinski definition) is 3. The van der Waals surface area contributed by atoms with Gasteiger partial charge in [0.15, 0.2) is 0 Å². The van der Waals surface area contributed by atoms with Gasteiger partial charge in [-0.3, -0.25) is 9.69 Å². The van der Waals surface area contributed by atoms with Gasteiger partial charge < -0.3 is 20.7 Å². The van der Waals surface area contributed by atoms with Crippen molar-refractivity contribution in [2.45, 2.75) is 0 Å². The number of nitrogens with zero attached hydrogens (tertiary/aromatic N) is 4. The number of hydrogen-bond acceptors (Lipinski definition) is 8. The minimum absolute atomic E-state index is 0.00445. The number of carbonyl (C=O) groups is 2. The normalized spacial score (nSPS) is 13.2. The van der Waals surface area contributed by atoms with Gasteiger partial charge in [-0.15, -0.1) is 0 Å². The van der Waals surface area contributed by atoms with Crippen molar-refractivity contribution in [1.82, 2.24) is 25.2 Å². The molecule has 1 aliphatic heterocycles. The fourth-order valence-electron chi connectivity index (χ4n) is 2.28. The molecule has 0 bridgehead atoms. The Balaban J connectivity index is 1.40. The highest BCUT2D eigenvalue weighted by atomic mass is 16.6. The molecule has 0 aromatic carbocycles. The molecule has 3 N–H and O–H groups in total. The summed E-state index contributed by atoms with van der Waals surface area (Å²) in [6.07, 6.45) is 2.67. The lowest BCUT2D eigenvalue weighted by atomic mass is 10.4. The Kier molecular flexibility index (Phi) is 5.76. The van der Waals surface area contributed by atoms with Crippen molar-refractivity contribution < 1.29 is 14.3 Å². The fourth-order valence-corrected chi connectivity index (χ4v) is 2.28. The molecule has 2 aromatic heterocycles. The Morgan fingerprint density at radius 2 is 2.04 bits per heavy atom. The molecule has 0 saturated carbocycles. The van der Waals surface area contributed by atoms with Crippen LogP contribution in [0.1, 0.15) is 0 Å². The molecule has 26 heavy (non-hydrogen) atoms. The molecule has 0 atom stereocenters. The van der Waals surface area contributed by atoms with Crippen LogP contribution in [0, 0.1) is 0 Å². The topological polar surface area (TPSA) is 121 Å². The van der Waals surface area contributed by atoms with Crippen LogP contribution in [-0.2, 0) is 9.53 Å². The molecule has 10 heteroatoms. The summed E-state index contributed by atoms with van der Waals surface area (Å²) < 4.78 is 4.77. The lowest BCUT2D eigenvalue weighted by Gasteiger charge is -2.12. The molecule has 136 valence electrons. The van der Waals surface area contributed by atoms with Gasteiger partial charge in [0.05, 0.1) is 6.54 Å². The molecule has 2 amide bonds. The number of carbonyl (C=O) groups excluding carboxylic acids is 2. The van der Waals surface area contributed by atoms with Gasteiger partial charge >= 0.3 is 6.09 Å². The van der Waals surface area contributed by atoms with E-state index in [1.54, 1.807) is 12.3 Å². The van der Waals surface area contributed by atoms with Crippen LogP contribution in [0.3, 0.4) is 0 Å². The number of amides is 2. The van der Waals surface area contributed by atoms with Crippen molar-refractivity contribution >= 4 is 29.5 Å². The lowest BCUT2D eigenvalue weighted by Crippen LogP contribution is -2.39. The SMILES string of the molecule is O=C(CN1CCOC1=O)NCCNc1cc(Nc2ccccn2)ncn1. The molecular formula is C16H19N7O3. The maximum absolute atomic E-state index is 11.8. The van der Waals surface area contributed by atoms with Gasteiger partial charge in [-0.1, -0.05) is 6.07 Å². The molecule has 1 saturated heterocycles. The predicted octanol–water partition coefficient (Wildman–Crippen LogP) is 0.595. The van der Waals surface area contributed by atoms with Crippen molar-refractivity contribution in [3.63, 3.8) is 0 Å². The summed E-state index contributed by atoms with van der Waals surface area (Å²) in [6.45, 7) is 1.66. The Bertz CT molecular complexity index is 757. The van der Waals surface area contributed by atoms with Crippen LogP contribution < -0.4 is 16.0 Å². The quantitative estimate of drug-likeness (QED) is 0.587. The summed E-state index contributed by atoms with van der Waals surface area (Å²) in [4.78, 5) is 36.9. The minimum Gasteiger partial charge on any atom is -0.448 e. The maximum atomic E-state index is 11.8. The van der Waals surface area contributed by atoms with Crippen LogP contribution >= 0.6 is 0 Å². The molecule has 1 aliphatic rings. The lowest BCUT2D eigenvalue weighted by molar-refractivity contribution is -0.121. The number of rotatable bonds is 8. The second kappa shape index (κ2) is 8.60. The maximum Gasteiger partial charge on any atom is 0.410 e. The summed E-state index contributed by atoms with van der Waals surface area (Å²) in [7, 11) is 0. The molecule has 10 nitrogen and oxygen atoms in total. The third-order valence-electron chi connectivity index (χ3n) is 3.52. The van der Waals surface area contributed by atoms with E-state index in [2.05, 4.69) is 30.9 Å². The van der Waals surface area contributed by atoms with E-state index in [-0.39, 0.29) is 12.5 Å². The van der Waals surface area contributed by atoms with Crippen LogP contribution in [-0.4, -0.2) is 64.6 Å². The van der Waals surface area contributed by atoms with E-state index in [0.29, 0.717) is 43.7 Å². The largest absolute Gasteiger partial charge is 0.448 e. The standard InChI is InChI=1S/C16H19N7O3/c24-15(10-23-7-8-26-16(23)25)19-6-5-18-13-9-14(21-11-20-13)22-12-3-1-2-4-17-12/h1-4,9,11H,5-8,10H2,(H,19,24)(H2,17,18,20,21,22). The molecule has 3 heterocycles. The number of cyclic esters (lactones) is 1. The average Bonchev–Trinajstić information content (AvgIpc) is 3.05. The zero-order valence-corrected chi connectivity index (χ0v) is 14.0. The number of ether oxygens (including phenoxy) is 1. The van der Waals surface area contributed by atoms with Crippen molar-refractivity contribution in [2.75, 3.05) is 43.4 Å². The van der Waals surface area contributed by atoms with E-state index in [0.717, 1.165) is 0 Å². The first-order valence-electron chi connectivity index (χ1n) is 8.13. The average molecular weight is 357 g/mol. The van der Waals surface area contributed by atoms with Gasteiger partial charge in [-0.05, 0) is 12.1 Å². The van der Waals surface area contributed by atoms with E-state index >= 15 is 0 Å². The number of anilines is 3. The molecular weight excluding hydrogens is 338 g/mol. The van der Waals surface area contributed by atoms with Crippen molar-refractivity contribution in [1.29, 1.82) is 0 Å². The van der Waals surface area contributed by atoms with Gasteiger partial charge in [0.1, 0.15) is 36.9 Å². The minimum atomic E-state index is -0.452. The predicted molar refractivity (Wildman–Crippen MR) is 94.0 cm³/mol. The summed E-state index contributed by atoms with van der Waals surface area (Å²) in [5, 5.41) is 8.91. The molecule has 3 rings (SSSR count). The van der Waals surface area contributed by atoms with E-state index in [1.807, 2.05) is 18.2 Å². The highest BCUT2D eigenvalue weighted by Crippen LogP contribution is 2.13. The second-order valence-electron chi connectivity index (χ2n) is 5.44. The van der Waals surface area contributed by atoms with E-state index in [4.69, 9.17) is 4.74 Å². The third kappa shape index (κ3) is 5.03. The summed E-state index contributed by atoms with van der Waals surface area (Å²) in [5.41, 5.74) is 0. The zero-order valence-electron chi connectivity index (χ0n) is 14.0.